The quantitative estimate of drug-likeness (QED) is 0.704. The molecule has 0 spiro atoms. The highest BCUT2D eigenvalue weighted by Gasteiger charge is 2.18. The zero-order valence-corrected chi connectivity index (χ0v) is 8.82. The topological polar surface area (TPSA) is 26.3 Å². The van der Waals surface area contributed by atoms with E-state index in [0.29, 0.717) is 6.61 Å². The molecule has 0 heterocycles. The lowest BCUT2D eigenvalue weighted by atomic mass is 9.91. The fraction of sp³-hybridized carbons (Fsp3) is 0.308. The molecule has 2 nitrogen and oxygen atoms in total. The van der Waals surface area contributed by atoms with Crippen LogP contribution in [0.25, 0.3) is 5.76 Å². The molecule has 0 saturated heterocycles. The lowest BCUT2D eigenvalue weighted by molar-refractivity contribution is -0.105. The molecule has 0 N–H and O–H groups in total. The van der Waals surface area contributed by atoms with Crippen molar-refractivity contribution < 1.29 is 9.53 Å². The monoisotopic (exact) mass is 202 g/mol. The Morgan fingerprint density at radius 1 is 1.33 bits per heavy atom. The van der Waals surface area contributed by atoms with Crippen molar-refractivity contribution in [1.82, 2.24) is 0 Å². The van der Waals surface area contributed by atoms with Crippen LogP contribution in [0.5, 0.6) is 0 Å². The van der Waals surface area contributed by atoms with Crippen molar-refractivity contribution in [2.24, 2.45) is 0 Å². The Kier molecular flexibility index (Phi) is 2.86. The van der Waals surface area contributed by atoms with Crippen LogP contribution in [0.3, 0.4) is 0 Å². The first-order valence-corrected chi connectivity index (χ1v) is 5.26. The summed E-state index contributed by atoms with van der Waals surface area (Å²) < 4.78 is 5.56. The molecule has 0 fully saturated rings. The molecule has 15 heavy (non-hydrogen) atoms. The van der Waals surface area contributed by atoms with Crippen molar-refractivity contribution in [3.63, 3.8) is 0 Å². The van der Waals surface area contributed by atoms with Gasteiger partial charge in [0.05, 0.1) is 6.61 Å². The predicted molar refractivity (Wildman–Crippen MR) is 59.4 cm³/mol. The summed E-state index contributed by atoms with van der Waals surface area (Å²) in [5.41, 5.74) is 3.13. The standard InChI is InChI=1S/C13H14O2/c1-2-15-13-11(9-14)8-7-10-5-3-4-6-12(10)13/h3-6,9H,2,7-8H2,1H3. The molecule has 78 valence electrons. The number of ether oxygens (including phenoxy) is 1. The van der Waals surface area contributed by atoms with Crippen LogP contribution in [0.2, 0.25) is 0 Å². The van der Waals surface area contributed by atoms with Crippen LogP contribution < -0.4 is 0 Å². The van der Waals surface area contributed by atoms with Gasteiger partial charge < -0.3 is 4.74 Å². The number of rotatable bonds is 3. The Labute approximate surface area is 89.6 Å². The van der Waals surface area contributed by atoms with Crippen molar-refractivity contribution in [3.8, 4) is 0 Å². The second-order valence-corrected chi connectivity index (χ2v) is 3.56. The maximum Gasteiger partial charge on any atom is 0.149 e. The largest absolute Gasteiger partial charge is 0.493 e. The maximum atomic E-state index is 10.9. The molecular weight excluding hydrogens is 188 g/mol. The van der Waals surface area contributed by atoms with Crippen LogP contribution in [-0.2, 0) is 16.0 Å². The third kappa shape index (κ3) is 1.80. The number of aldehydes is 1. The molecule has 0 radical (unpaired) electrons. The van der Waals surface area contributed by atoms with Gasteiger partial charge in [0.25, 0.3) is 0 Å². The number of benzene rings is 1. The van der Waals surface area contributed by atoms with Gasteiger partial charge in [0.1, 0.15) is 12.0 Å². The summed E-state index contributed by atoms with van der Waals surface area (Å²) in [5.74, 6) is 0.773. The summed E-state index contributed by atoms with van der Waals surface area (Å²) in [7, 11) is 0. The van der Waals surface area contributed by atoms with E-state index in [-0.39, 0.29) is 0 Å². The first kappa shape index (κ1) is 9.97. The highest BCUT2D eigenvalue weighted by molar-refractivity contribution is 5.87. The predicted octanol–water partition coefficient (Wildman–Crippen LogP) is 2.58. The van der Waals surface area contributed by atoms with Crippen LogP contribution in [0, 0.1) is 0 Å². The molecule has 2 rings (SSSR count). The summed E-state index contributed by atoms with van der Waals surface area (Å²) in [4.78, 5) is 10.9. The molecule has 0 unspecified atom stereocenters. The molecule has 0 atom stereocenters. The van der Waals surface area contributed by atoms with Crippen molar-refractivity contribution >= 4 is 12.0 Å². The minimum Gasteiger partial charge on any atom is -0.493 e. The minimum absolute atomic E-state index is 0.598. The van der Waals surface area contributed by atoms with Gasteiger partial charge in [-0.1, -0.05) is 24.3 Å². The summed E-state index contributed by atoms with van der Waals surface area (Å²) in [6, 6.07) is 8.11. The Hall–Kier alpha value is -1.57. The second-order valence-electron chi connectivity index (χ2n) is 3.56. The van der Waals surface area contributed by atoms with E-state index in [2.05, 4.69) is 6.07 Å². The first-order valence-electron chi connectivity index (χ1n) is 5.26. The van der Waals surface area contributed by atoms with E-state index in [1.54, 1.807) is 0 Å². The number of fused-ring (bicyclic) bond motifs is 1. The summed E-state index contributed by atoms with van der Waals surface area (Å²) in [5, 5.41) is 0. The summed E-state index contributed by atoms with van der Waals surface area (Å²) in [6.45, 7) is 2.54. The normalized spacial score (nSPS) is 14.7. The number of hydrogen-bond acceptors (Lipinski definition) is 2. The van der Waals surface area contributed by atoms with Crippen molar-refractivity contribution in [2.75, 3.05) is 6.61 Å². The molecule has 2 heteroatoms. The molecule has 0 amide bonds. The third-order valence-electron chi connectivity index (χ3n) is 2.65. The van der Waals surface area contributed by atoms with E-state index in [1.807, 2.05) is 25.1 Å². The van der Waals surface area contributed by atoms with Crippen molar-refractivity contribution in [2.45, 2.75) is 19.8 Å². The first-order chi connectivity index (χ1) is 7.36. The molecule has 0 saturated carbocycles. The Balaban J connectivity index is 2.50. The van der Waals surface area contributed by atoms with Gasteiger partial charge in [0, 0.05) is 11.1 Å². The van der Waals surface area contributed by atoms with Crippen LogP contribution in [-0.4, -0.2) is 12.9 Å². The second kappa shape index (κ2) is 4.30. The molecule has 1 aromatic carbocycles. The molecule has 1 aliphatic carbocycles. The maximum absolute atomic E-state index is 10.9. The van der Waals surface area contributed by atoms with E-state index in [4.69, 9.17) is 4.74 Å². The SMILES string of the molecule is CCOC1=C(C=O)CCc2ccccc21. The van der Waals surface area contributed by atoms with Crippen LogP contribution in [0.4, 0.5) is 0 Å². The van der Waals surface area contributed by atoms with E-state index < -0.39 is 0 Å². The van der Waals surface area contributed by atoms with Gasteiger partial charge in [-0.15, -0.1) is 0 Å². The van der Waals surface area contributed by atoms with Gasteiger partial charge in [-0.05, 0) is 25.3 Å². The summed E-state index contributed by atoms with van der Waals surface area (Å²) >= 11 is 0. The molecule has 0 bridgehead atoms. The van der Waals surface area contributed by atoms with Gasteiger partial charge in [0.15, 0.2) is 0 Å². The van der Waals surface area contributed by atoms with Gasteiger partial charge in [-0.3, -0.25) is 4.79 Å². The smallest absolute Gasteiger partial charge is 0.149 e. The van der Waals surface area contributed by atoms with Crippen LogP contribution in [0.1, 0.15) is 24.5 Å². The van der Waals surface area contributed by atoms with Gasteiger partial charge >= 0.3 is 0 Å². The fourth-order valence-corrected chi connectivity index (χ4v) is 1.94. The zero-order valence-electron chi connectivity index (χ0n) is 8.82. The van der Waals surface area contributed by atoms with Gasteiger partial charge in [-0.2, -0.15) is 0 Å². The highest BCUT2D eigenvalue weighted by Crippen LogP contribution is 2.30. The Morgan fingerprint density at radius 2 is 2.13 bits per heavy atom. The Bertz CT molecular complexity index is 405. The fourth-order valence-electron chi connectivity index (χ4n) is 1.94. The number of carbonyl (C=O) groups excluding carboxylic acids is 1. The van der Waals surface area contributed by atoms with Gasteiger partial charge in [0.2, 0.25) is 0 Å². The third-order valence-corrected chi connectivity index (χ3v) is 2.65. The number of allylic oxidation sites excluding steroid dienone is 1. The average Bonchev–Trinajstić information content (AvgIpc) is 2.30. The number of hydrogen-bond donors (Lipinski definition) is 0. The summed E-state index contributed by atoms with van der Waals surface area (Å²) in [6.07, 6.45) is 2.64. The molecule has 1 aromatic rings. The van der Waals surface area contributed by atoms with Crippen LogP contribution in [0.15, 0.2) is 29.8 Å². The lowest BCUT2D eigenvalue weighted by Gasteiger charge is -2.20. The van der Waals surface area contributed by atoms with Crippen molar-refractivity contribution in [3.05, 3.63) is 41.0 Å². The van der Waals surface area contributed by atoms with E-state index in [0.717, 1.165) is 36.0 Å². The molecule has 0 aromatic heterocycles. The molecular formula is C13H14O2. The molecule has 0 aliphatic heterocycles. The Morgan fingerprint density at radius 3 is 2.87 bits per heavy atom. The van der Waals surface area contributed by atoms with E-state index in [9.17, 15) is 4.79 Å². The molecule has 1 aliphatic rings. The average molecular weight is 202 g/mol. The van der Waals surface area contributed by atoms with Crippen LogP contribution >= 0.6 is 0 Å². The minimum atomic E-state index is 0.598. The highest BCUT2D eigenvalue weighted by atomic mass is 16.5. The van der Waals surface area contributed by atoms with E-state index in [1.165, 1.54) is 5.56 Å². The number of carbonyl (C=O) groups is 1. The van der Waals surface area contributed by atoms with E-state index >= 15 is 0 Å². The zero-order chi connectivity index (χ0) is 10.7. The van der Waals surface area contributed by atoms with Gasteiger partial charge in [-0.25, -0.2) is 0 Å². The van der Waals surface area contributed by atoms with Crippen molar-refractivity contribution in [1.29, 1.82) is 0 Å². The number of aryl methyl sites for hydroxylation is 1. The lowest BCUT2D eigenvalue weighted by Crippen LogP contribution is -2.08.